The molecule has 1 aromatic rings. The Balaban J connectivity index is 1.77. The Morgan fingerprint density at radius 2 is 2.26 bits per heavy atom. The van der Waals surface area contributed by atoms with E-state index in [9.17, 15) is 4.79 Å². The first-order valence-electron chi connectivity index (χ1n) is 7.25. The van der Waals surface area contributed by atoms with Crippen molar-refractivity contribution in [1.29, 1.82) is 0 Å². The van der Waals surface area contributed by atoms with Gasteiger partial charge in [-0.05, 0) is 44.8 Å². The quantitative estimate of drug-likeness (QED) is 0.837. The molecule has 2 heterocycles. The second kappa shape index (κ2) is 7.28. The van der Waals surface area contributed by atoms with Gasteiger partial charge < -0.3 is 10.2 Å². The minimum Gasteiger partial charge on any atom is -0.343 e. The van der Waals surface area contributed by atoms with Gasteiger partial charge in [-0.2, -0.15) is 5.10 Å². The molecule has 106 valence electrons. The molecule has 0 aromatic carbocycles. The predicted octanol–water partition coefficient (Wildman–Crippen LogP) is 1.12. The van der Waals surface area contributed by atoms with Gasteiger partial charge in [0.25, 0.3) is 0 Å². The van der Waals surface area contributed by atoms with E-state index in [0.717, 1.165) is 26.2 Å². The Kier molecular flexibility index (Phi) is 5.39. The number of hydrogen-bond donors (Lipinski definition) is 1. The third-order valence-electron chi connectivity index (χ3n) is 3.79. The number of aryl methyl sites for hydroxylation is 1. The van der Waals surface area contributed by atoms with Crippen LogP contribution in [0.1, 0.15) is 26.2 Å². The number of hydrogen-bond acceptors (Lipinski definition) is 3. The highest BCUT2D eigenvalue weighted by molar-refractivity contribution is 5.76. The smallest absolute Gasteiger partial charge is 0.224 e. The topological polar surface area (TPSA) is 50.2 Å². The van der Waals surface area contributed by atoms with Crippen molar-refractivity contribution in [2.45, 2.75) is 32.7 Å². The van der Waals surface area contributed by atoms with Crippen molar-refractivity contribution < 1.29 is 4.79 Å². The lowest BCUT2D eigenvalue weighted by Gasteiger charge is -2.29. The number of piperidine rings is 1. The summed E-state index contributed by atoms with van der Waals surface area (Å²) in [7, 11) is 0. The Bertz CT molecular complexity index is 371. The highest BCUT2D eigenvalue weighted by Gasteiger charge is 2.19. The molecule has 0 bridgehead atoms. The Labute approximate surface area is 115 Å². The van der Waals surface area contributed by atoms with Crippen LogP contribution in [-0.2, 0) is 11.3 Å². The first kappa shape index (κ1) is 14.1. The van der Waals surface area contributed by atoms with Crippen LogP contribution in [0.15, 0.2) is 18.5 Å². The van der Waals surface area contributed by atoms with Gasteiger partial charge >= 0.3 is 0 Å². The predicted molar refractivity (Wildman–Crippen MR) is 74.7 cm³/mol. The van der Waals surface area contributed by atoms with Gasteiger partial charge in [-0.1, -0.05) is 0 Å². The summed E-state index contributed by atoms with van der Waals surface area (Å²) in [6.45, 7) is 6.63. The Morgan fingerprint density at radius 3 is 2.89 bits per heavy atom. The molecule has 1 aromatic heterocycles. The highest BCUT2D eigenvalue weighted by atomic mass is 16.2. The maximum Gasteiger partial charge on any atom is 0.224 e. The first-order valence-corrected chi connectivity index (χ1v) is 7.25. The maximum absolute atomic E-state index is 12.2. The molecule has 1 aliphatic heterocycles. The summed E-state index contributed by atoms with van der Waals surface area (Å²) in [6.07, 6.45) is 6.56. The van der Waals surface area contributed by atoms with Crippen LogP contribution in [0.25, 0.3) is 0 Å². The summed E-state index contributed by atoms with van der Waals surface area (Å²) in [4.78, 5) is 14.2. The number of carbonyl (C=O) groups is 1. The van der Waals surface area contributed by atoms with E-state index in [1.54, 1.807) is 6.20 Å². The van der Waals surface area contributed by atoms with Crippen LogP contribution < -0.4 is 5.32 Å². The summed E-state index contributed by atoms with van der Waals surface area (Å²) >= 11 is 0. The SMILES string of the molecule is CCN(CC1CCNCC1)C(=O)CCn1cccn1. The zero-order chi connectivity index (χ0) is 13.5. The summed E-state index contributed by atoms with van der Waals surface area (Å²) in [5, 5.41) is 7.49. The van der Waals surface area contributed by atoms with Crippen LogP contribution in [0, 0.1) is 5.92 Å². The Morgan fingerprint density at radius 1 is 1.47 bits per heavy atom. The fourth-order valence-electron chi connectivity index (χ4n) is 2.58. The van der Waals surface area contributed by atoms with E-state index in [-0.39, 0.29) is 5.91 Å². The van der Waals surface area contributed by atoms with Gasteiger partial charge in [0.1, 0.15) is 0 Å². The third-order valence-corrected chi connectivity index (χ3v) is 3.79. The molecule has 5 nitrogen and oxygen atoms in total. The van der Waals surface area contributed by atoms with Crippen molar-refractivity contribution in [2.75, 3.05) is 26.2 Å². The molecule has 1 aliphatic rings. The number of amides is 1. The molecule has 1 saturated heterocycles. The fraction of sp³-hybridized carbons (Fsp3) is 0.714. The number of nitrogens with zero attached hydrogens (tertiary/aromatic N) is 3. The first-order chi connectivity index (χ1) is 9.29. The zero-order valence-electron chi connectivity index (χ0n) is 11.7. The molecule has 0 radical (unpaired) electrons. The van der Waals surface area contributed by atoms with Crippen molar-refractivity contribution in [1.82, 2.24) is 20.0 Å². The van der Waals surface area contributed by atoms with E-state index in [1.165, 1.54) is 12.8 Å². The molecule has 2 rings (SSSR count). The van der Waals surface area contributed by atoms with Gasteiger partial charge in [0.15, 0.2) is 0 Å². The molecular formula is C14H24N4O. The van der Waals surface area contributed by atoms with Crippen LogP contribution in [0.5, 0.6) is 0 Å². The molecule has 1 fully saturated rings. The molecule has 0 saturated carbocycles. The van der Waals surface area contributed by atoms with Crippen LogP contribution in [0.2, 0.25) is 0 Å². The van der Waals surface area contributed by atoms with Gasteiger partial charge in [0.05, 0.1) is 0 Å². The third kappa shape index (κ3) is 4.35. The molecule has 19 heavy (non-hydrogen) atoms. The number of carbonyl (C=O) groups excluding carboxylic acids is 1. The molecule has 1 N–H and O–H groups in total. The van der Waals surface area contributed by atoms with Crippen LogP contribution in [0.3, 0.4) is 0 Å². The molecular weight excluding hydrogens is 240 g/mol. The van der Waals surface area contributed by atoms with E-state index < -0.39 is 0 Å². The second-order valence-electron chi connectivity index (χ2n) is 5.14. The number of nitrogens with one attached hydrogen (secondary N) is 1. The van der Waals surface area contributed by atoms with Gasteiger partial charge in [-0.3, -0.25) is 9.48 Å². The molecule has 0 unspecified atom stereocenters. The summed E-state index contributed by atoms with van der Waals surface area (Å²) < 4.78 is 1.82. The van der Waals surface area contributed by atoms with Crippen molar-refractivity contribution in [2.24, 2.45) is 5.92 Å². The minimum absolute atomic E-state index is 0.247. The van der Waals surface area contributed by atoms with Gasteiger partial charge in [-0.15, -0.1) is 0 Å². The van der Waals surface area contributed by atoms with E-state index in [2.05, 4.69) is 17.3 Å². The van der Waals surface area contributed by atoms with E-state index >= 15 is 0 Å². The van der Waals surface area contributed by atoms with E-state index in [1.807, 2.05) is 21.8 Å². The van der Waals surface area contributed by atoms with Crippen molar-refractivity contribution in [3.05, 3.63) is 18.5 Å². The van der Waals surface area contributed by atoms with Crippen molar-refractivity contribution >= 4 is 5.91 Å². The lowest BCUT2D eigenvalue weighted by molar-refractivity contribution is -0.132. The largest absolute Gasteiger partial charge is 0.343 e. The van der Waals surface area contributed by atoms with Crippen LogP contribution in [0.4, 0.5) is 0 Å². The van der Waals surface area contributed by atoms with Gasteiger partial charge in [-0.25, -0.2) is 0 Å². The van der Waals surface area contributed by atoms with Crippen LogP contribution in [-0.4, -0.2) is 46.8 Å². The van der Waals surface area contributed by atoms with Crippen molar-refractivity contribution in [3.8, 4) is 0 Å². The normalized spacial score (nSPS) is 16.5. The molecule has 5 heteroatoms. The number of rotatable bonds is 6. The molecule has 0 aliphatic carbocycles. The van der Waals surface area contributed by atoms with Crippen molar-refractivity contribution in [3.63, 3.8) is 0 Å². The average molecular weight is 264 g/mol. The lowest BCUT2D eigenvalue weighted by atomic mass is 9.97. The molecule has 0 spiro atoms. The summed E-state index contributed by atoms with van der Waals surface area (Å²) in [6, 6.07) is 1.89. The standard InChI is InChI=1S/C14H24N4O/c1-2-17(12-13-4-8-15-9-5-13)14(19)6-11-18-10-3-7-16-18/h3,7,10,13,15H,2,4-6,8-9,11-12H2,1H3. The van der Waals surface area contributed by atoms with Gasteiger partial charge in [0.2, 0.25) is 5.91 Å². The lowest BCUT2D eigenvalue weighted by Crippen LogP contribution is -2.39. The molecule has 0 atom stereocenters. The number of aromatic nitrogens is 2. The van der Waals surface area contributed by atoms with Crippen LogP contribution >= 0.6 is 0 Å². The zero-order valence-corrected chi connectivity index (χ0v) is 11.7. The Hall–Kier alpha value is -1.36. The fourth-order valence-corrected chi connectivity index (χ4v) is 2.58. The highest BCUT2D eigenvalue weighted by Crippen LogP contribution is 2.14. The van der Waals surface area contributed by atoms with E-state index in [4.69, 9.17) is 0 Å². The summed E-state index contributed by atoms with van der Waals surface area (Å²) in [5.74, 6) is 0.909. The average Bonchev–Trinajstić information content (AvgIpc) is 2.96. The second-order valence-corrected chi connectivity index (χ2v) is 5.14. The maximum atomic E-state index is 12.2. The monoisotopic (exact) mass is 264 g/mol. The minimum atomic E-state index is 0.247. The summed E-state index contributed by atoms with van der Waals surface area (Å²) in [5.41, 5.74) is 0. The van der Waals surface area contributed by atoms with E-state index in [0.29, 0.717) is 18.9 Å². The molecule has 1 amide bonds. The van der Waals surface area contributed by atoms with Gasteiger partial charge in [0, 0.05) is 38.4 Å².